The van der Waals surface area contributed by atoms with Crippen molar-refractivity contribution in [1.82, 2.24) is 0 Å². The molecular weight excluding hydrogens is 327 g/mol. The summed E-state index contributed by atoms with van der Waals surface area (Å²) in [5, 5.41) is 0. The van der Waals surface area contributed by atoms with E-state index in [1.807, 2.05) is 6.07 Å². The Kier molecular flexibility index (Phi) is 8.62. The lowest BCUT2D eigenvalue weighted by atomic mass is 10.3. The van der Waals surface area contributed by atoms with Gasteiger partial charge in [-0.05, 0) is 42.8 Å². The quantitative estimate of drug-likeness (QED) is 0.224. The average molecular weight is 346 g/mol. The van der Waals surface area contributed by atoms with Gasteiger partial charge < -0.3 is 22.0 Å². The minimum atomic E-state index is -6.00. The van der Waals surface area contributed by atoms with Crippen LogP contribution in [0.1, 0.15) is 19.8 Å². The molecule has 0 amide bonds. The predicted octanol–water partition coefficient (Wildman–Crippen LogP) is 5.40. The van der Waals surface area contributed by atoms with Crippen LogP contribution in [0.4, 0.5) is 17.3 Å². The standard InChI is InChI=1S/C16H18OS.BF4/c1-2-3-13-17-14-9-11-16(12-10-14)18-15-7-5-4-6-8-15;2-1(3,4)5/h4-12H,2-3,13H2,1H3;/q;-1/p+1. The van der Waals surface area contributed by atoms with Crippen LogP contribution in [-0.2, 0) is 11.8 Å². The van der Waals surface area contributed by atoms with Gasteiger partial charge in [0.25, 0.3) is 0 Å². The van der Waals surface area contributed by atoms with Crippen molar-refractivity contribution in [3.8, 4) is 5.75 Å². The average Bonchev–Trinajstić information content (AvgIpc) is 2.49. The molecular formula is C16H19BF4OS. The molecule has 0 fully saturated rings. The molecule has 2 rings (SSSR count). The predicted molar refractivity (Wildman–Crippen MR) is 88.8 cm³/mol. The smallest absolute Gasteiger partial charge is 0.494 e. The summed E-state index contributed by atoms with van der Waals surface area (Å²) in [6.45, 7) is 2.98. The molecule has 0 saturated heterocycles. The van der Waals surface area contributed by atoms with Crippen LogP contribution < -0.4 is 4.74 Å². The van der Waals surface area contributed by atoms with Gasteiger partial charge in [-0.25, -0.2) is 0 Å². The SMILES string of the molecule is CCCCOc1ccc([SH+]c2ccccc2)cc1.F[B-](F)(F)F. The number of hydrogen-bond donors (Lipinski definition) is 0. The Labute approximate surface area is 138 Å². The molecule has 7 heteroatoms. The number of halogens is 4. The van der Waals surface area contributed by atoms with Gasteiger partial charge in [-0.3, -0.25) is 0 Å². The van der Waals surface area contributed by atoms with E-state index in [4.69, 9.17) is 4.74 Å². The monoisotopic (exact) mass is 346 g/mol. The normalized spacial score (nSPS) is 10.7. The first-order valence-electron chi connectivity index (χ1n) is 7.25. The second kappa shape index (κ2) is 10.2. The van der Waals surface area contributed by atoms with Crippen molar-refractivity contribution in [3.05, 3.63) is 54.6 Å². The largest absolute Gasteiger partial charge is 0.673 e. The van der Waals surface area contributed by atoms with E-state index in [1.165, 1.54) is 28.0 Å². The van der Waals surface area contributed by atoms with Gasteiger partial charge in [0.1, 0.15) is 5.75 Å². The first kappa shape index (κ1) is 19.4. The lowest BCUT2D eigenvalue weighted by molar-refractivity contribution is 0.309. The highest BCUT2D eigenvalue weighted by atomic mass is 32.2. The number of ether oxygens (including phenoxy) is 1. The van der Waals surface area contributed by atoms with Gasteiger partial charge in [0.2, 0.25) is 0 Å². The zero-order valence-corrected chi connectivity index (χ0v) is 13.7. The maximum atomic E-state index is 9.75. The second-order valence-corrected chi connectivity index (χ2v) is 5.89. The van der Waals surface area contributed by atoms with Crippen LogP contribution in [0.2, 0.25) is 0 Å². The highest BCUT2D eigenvalue weighted by Gasteiger charge is 2.20. The molecule has 2 aromatic rings. The Hall–Kier alpha value is -1.63. The van der Waals surface area contributed by atoms with Gasteiger partial charge in [0, 0.05) is 11.8 Å². The van der Waals surface area contributed by atoms with E-state index in [-0.39, 0.29) is 0 Å². The van der Waals surface area contributed by atoms with Crippen molar-refractivity contribution in [2.75, 3.05) is 6.61 Å². The third-order valence-corrected chi connectivity index (χ3v) is 3.73. The van der Waals surface area contributed by atoms with E-state index < -0.39 is 7.25 Å². The molecule has 2 aromatic carbocycles. The molecule has 23 heavy (non-hydrogen) atoms. The molecule has 0 spiro atoms. The molecule has 1 nitrogen and oxygen atoms in total. The fraction of sp³-hybridized carbons (Fsp3) is 0.250. The van der Waals surface area contributed by atoms with E-state index in [1.54, 1.807) is 0 Å². The van der Waals surface area contributed by atoms with Crippen LogP contribution in [0.15, 0.2) is 64.4 Å². The summed E-state index contributed by atoms with van der Waals surface area (Å²) in [6, 6.07) is 18.9. The Morgan fingerprint density at radius 1 is 0.870 bits per heavy atom. The first-order valence-corrected chi connectivity index (χ1v) is 8.15. The van der Waals surface area contributed by atoms with Gasteiger partial charge in [-0.2, -0.15) is 0 Å². The summed E-state index contributed by atoms with van der Waals surface area (Å²) < 4.78 is 44.6. The molecule has 126 valence electrons. The Morgan fingerprint density at radius 2 is 1.39 bits per heavy atom. The molecule has 0 aliphatic rings. The van der Waals surface area contributed by atoms with Gasteiger partial charge in [-0.1, -0.05) is 31.5 Å². The second-order valence-electron chi connectivity index (χ2n) is 4.64. The lowest BCUT2D eigenvalue weighted by Gasteiger charge is -2.04. The van der Waals surface area contributed by atoms with Crippen LogP contribution in [0, 0.1) is 0 Å². The summed E-state index contributed by atoms with van der Waals surface area (Å²) in [6.07, 6.45) is 2.29. The van der Waals surface area contributed by atoms with Gasteiger partial charge in [0.05, 0.1) is 6.61 Å². The maximum Gasteiger partial charge on any atom is 0.673 e. The van der Waals surface area contributed by atoms with Crippen molar-refractivity contribution in [2.45, 2.75) is 29.6 Å². The van der Waals surface area contributed by atoms with E-state index >= 15 is 0 Å². The van der Waals surface area contributed by atoms with E-state index in [2.05, 4.69) is 55.5 Å². The zero-order valence-electron chi connectivity index (χ0n) is 12.8. The minimum absolute atomic E-state index is 0.812. The molecule has 0 radical (unpaired) electrons. The van der Waals surface area contributed by atoms with Gasteiger partial charge >= 0.3 is 7.25 Å². The van der Waals surface area contributed by atoms with Crippen LogP contribution in [0.3, 0.4) is 0 Å². The topological polar surface area (TPSA) is 9.23 Å². The number of rotatable bonds is 6. The van der Waals surface area contributed by atoms with Crippen LogP contribution >= 0.6 is 0 Å². The van der Waals surface area contributed by atoms with Crippen molar-refractivity contribution < 1.29 is 22.0 Å². The molecule has 0 aliphatic heterocycles. The van der Waals surface area contributed by atoms with E-state index in [0.717, 1.165) is 18.8 Å². The highest BCUT2D eigenvalue weighted by molar-refractivity contribution is 7.78. The van der Waals surface area contributed by atoms with Crippen LogP contribution in [0.5, 0.6) is 5.75 Å². The first-order chi connectivity index (χ1) is 10.9. The van der Waals surface area contributed by atoms with Crippen LogP contribution in [0.25, 0.3) is 0 Å². The minimum Gasteiger partial charge on any atom is -0.494 e. The zero-order chi connectivity index (χ0) is 17.1. The van der Waals surface area contributed by atoms with Crippen molar-refractivity contribution in [1.29, 1.82) is 0 Å². The third kappa shape index (κ3) is 10.7. The third-order valence-electron chi connectivity index (χ3n) is 2.62. The highest BCUT2D eigenvalue weighted by Crippen LogP contribution is 2.17. The van der Waals surface area contributed by atoms with E-state index in [0.29, 0.717) is 0 Å². The lowest BCUT2D eigenvalue weighted by Crippen LogP contribution is -2.02. The van der Waals surface area contributed by atoms with Gasteiger partial charge in [-0.15, -0.1) is 0 Å². The van der Waals surface area contributed by atoms with Crippen molar-refractivity contribution in [3.63, 3.8) is 0 Å². The molecule has 0 saturated carbocycles. The number of benzene rings is 2. The van der Waals surface area contributed by atoms with Crippen molar-refractivity contribution >= 4 is 19.0 Å². The number of thiol groups is 1. The summed E-state index contributed by atoms with van der Waals surface area (Å²) >= 11 is 1.24. The maximum absolute atomic E-state index is 9.75. The molecule has 0 unspecified atom stereocenters. The number of unbranched alkanes of at least 4 members (excludes halogenated alkanes) is 1. The van der Waals surface area contributed by atoms with Crippen molar-refractivity contribution in [2.24, 2.45) is 0 Å². The Morgan fingerprint density at radius 3 is 1.91 bits per heavy atom. The molecule has 0 atom stereocenters. The molecule has 0 bridgehead atoms. The summed E-state index contributed by atoms with van der Waals surface area (Å²) in [4.78, 5) is 2.61. The molecule has 0 heterocycles. The Bertz CT molecular complexity index is 540. The summed E-state index contributed by atoms with van der Waals surface area (Å²) in [5.41, 5.74) is 0. The van der Waals surface area contributed by atoms with Gasteiger partial charge in [0.15, 0.2) is 9.79 Å². The van der Waals surface area contributed by atoms with E-state index in [9.17, 15) is 17.3 Å². The molecule has 0 aromatic heterocycles. The fourth-order valence-electron chi connectivity index (χ4n) is 1.60. The molecule has 0 N–H and O–H groups in total. The summed E-state index contributed by atoms with van der Waals surface area (Å²) in [5.74, 6) is 0.968. The fourth-order valence-corrected chi connectivity index (χ4v) is 2.52. The summed E-state index contributed by atoms with van der Waals surface area (Å²) in [7, 11) is -6.00. The Balaban J connectivity index is 0.000000463. The number of hydrogen-bond acceptors (Lipinski definition) is 1. The van der Waals surface area contributed by atoms with Crippen LogP contribution in [-0.4, -0.2) is 13.9 Å². The molecule has 0 aliphatic carbocycles.